The van der Waals surface area contributed by atoms with Gasteiger partial charge in [-0.25, -0.2) is 4.98 Å². The molecule has 0 spiro atoms. The van der Waals surface area contributed by atoms with Gasteiger partial charge in [-0.2, -0.15) is 0 Å². The first-order valence-electron chi connectivity index (χ1n) is 7.37. The zero-order valence-corrected chi connectivity index (χ0v) is 14.6. The molecule has 2 heterocycles. The van der Waals surface area contributed by atoms with Crippen LogP contribution in [0.15, 0.2) is 29.8 Å². The molecule has 1 fully saturated rings. The van der Waals surface area contributed by atoms with Crippen LogP contribution in [-0.4, -0.2) is 33.5 Å². The van der Waals surface area contributed by atoms with Crippen molar-refractivity contribution in [2.24, 2.45) is 0 Å². The standard InChI is InChI=1S/C16H16Cl2N2O2S/c17-11-4-3-10(12(18)9-11)8-14(21)20-6-1-2-13(20)15(22)16-19-5-7-23-16/h3-5,7,9,13,15,22H,1-2,6,8H2/t13-,15-/m1/s1. The van der Waals surface area contributed by atoms with Gasteiger partial charge in [-0.15, -0.1) is 11.3 Å². The number of aliphatic hydroxyl groups is 1. The largest absolute Gasteiger partial charge is 0.384 e. The quantitative estimate of drug-likeness (QED) is 0.891. The first-order chi connectivity index (χ1) is 11.1. The number of aromatic nitrogens is 1. The van der Waals surface area contributed by atoms with E-state index in [1.165, 1.54) is 11.3 Å². The lowest BCUT2D eigenvalue weighted by Crippen LogP contribution is -2.40. The molecule has 0 bridgehead atoms. The molecule has 122 valence electrons. The maximum atomic E-state index is 12.6. The van der Waals surface area contributed by atoms with Gasteiger partial charge in [-0.3, -0.25) is 4.79 Å². The van der Waals surface area contributed by atoms with Crippen molar-refractivity contribution >= 4 is 40.4 Å². The van der Waals surface area contributed by atoms with Crippen LogP contribution in [0, 0.1) is 0 Å². The molecule has 0 radical (unpaired) electrons. The number of halogens is 2. The normalized spacial score (nSPS) is 19.1. The van der Waals surface area contributed by atoms with Crippen LogP contribution in [0.25, 0.3) is 0 Å². The van der Waals surface area contributed by atoms with E-state index in [9.17, 15) is 9.90 Å². The van der Waals surface area contributed by atoms with Crippen molar-refractivity contribution in [3.63, 3.8) is 0 Å². The minimum absolute atomic E-state index is 0.0349. The summed E-state index contributed by atoms with van der Waals surface area (Å²) in [7, 11) is 0. The first-order valence-corrected chi connectivity index (χ1v) is 9.00. The number of hydrogen-bond donors (Lipinski definition) is 1. The highest BCUT2D eigenvalue weighted by atomic mass is 35.5. The summed E-state index contributed by atoms with van der Waals surface area (Å²) in [6.07, 6.45) is 2.80. The van der Waals surface area contributed by atoms with Gasteiger partial charge >= 0.3 is 0 Å². The van der Waals surface area contributed by atoms with Crippen LogP contribution in [0.1, 0.15) is 29.5 Å². The topological polar surface area (TPSA) is 53.4 Å². The lowest BCUT2D eigenvalue weighted by atomic mass is 10.1. The van der Waals surface area contributed by atoms with E-state index in [1.807, 2.05) is 5.38 Å². The van der Waals surface area contributed by atoms with Gasteiger partial charge in [-0.05, 0) is 30.5 Å². The second kappa shape index (κ2) is 7.18. The van der Waals surface area contributed by atoms with Crippen molar-refractivity contribution in [1.82, 2.24) is 9.88 Å². The fourth-order valence-electron chi connectivity index (χ4n) is 2.91. The van der Waals surface area contributed by atoms with Crippen LogP contribution in [0.2, 0.25) is 10.0 Å². The zero-order chi connectivity index (χ0) is 16.4. The van der Waals surface area contributed by atoms with Gasteiger partial charge in [0.05, 0.1) is 12.5 Å². The van der Waals surface area contributed by atoms with E-state index in [0.29, 0.717) is 21.6 Å². The summed E-state index contributed by atoms with van der Waals surface area (Å²) in [6.45, 7) is 0.650. The van der Waals surface area contributed by atoms with E-state index in [-0.39, 0.29) is 18.4 Å². The highest BCUT2D eigenvalue weighted by molar-refractivity contribution is 7.09. The summed E-state index contributed by atoms with van der Waals surface area (Å²) in [4.78, 5) is 18.5. The van der Waals surface area contributed by atoms with Crippen LogP contribution >= 0.6 is 34.5 Å². The average molecular weight is 371 g/mol. The Labute approximate surface area is 148 Å². The summed E-state index contributed by atoms with van der Waals surface area (Å²) < 4.78 is 0. The molecule has 1 aliphatic heterocycles. The second-order valence-electron chi connectivity index (χ2n) is 5.52. The van der Waals surface area contributed by atoms with Crippen molar-refractivity contribution in [1.29, 1.82) is 0 Å². The zero-order valence-electron chi connectivity index (χ0n) is 12.3. The molecule has 1 aromatic carbocycles. The van der Waals surface area contributed by atoms with Gasteiger partial charge in [-0.1, -0.05) is 29.3 Å². The van der Waals surface area contributed by atoms with E-state index in [0.717, 1.165) is 18.4 Å². The SMILES string of the molecule is O=C(Cc1ccc(Cl)cc1Cl)N1CCC[C@@H]1[C@@H](O)c1nccs1. The highest BCUT2D eigenvalue weighted by Crippen LogP contribution is 2.31. The van der Waals surface area contributed by atoms with E-state index in [4.69, 9.17) is 23.2 Å². The summed E-state index contributed by atoms with van der Waals surface area (Å²) in [5.74, 6) is -0.0349. The molecular weight excluding hydrogens is 355 g/mol. The van der Waals surface area contributed by atoms with Crippen LogP contribution in [0.5, 0.6) is 0 Å². The Morgan fingerprint density at radius 1 is 1.48 bits per heavy atom. The molecule has 1 N–H and O–H groups in total. The Morgan fingerprint density at radius 2 is 2.30 bits per heavy atom. The lowest BCUT2D eigenvalue weighted by Gasteiger charge is -2.28. The second-order valence-corrected chi connectivity index (χ2v) is 7.29. The molecule has 0 unspecified atom stereocenters. The maximum absolute atomic E-state index is 12.6. The van der Waals surface area contributed by atoms with Gasteiger partial charge in [0.1, 0.15) is 11.1 Å². The van der Waals surface area contributed by atoms with Crippen LogP contribution in [0.4, 0.5) is 0 Å². The summed E-state index contributed by atoms with van der Waals surface area (Å²) in [5.41, 5.74) is 0.746. The number of hydrogen-bond acceptors (Lipinski definition) is 4. The highest BCUT2D eigenvalue weighted by Gasteiger charge is 2.35. The van der Waals surface area contributed by atoms with E-state index >= 15 is 0 Å². The maximum Gasteiger partial charge on any atom is 0.227 e. The van der Waals surface area contributed by atoms with E-state index in [1.54, 1.807) is 29.3 Å². The number of carbonyl (C=O) groups excluding carboxylic acids is 1. The Hall–Kier alpha value is -1.14. The van der Waals surface area contributed by atoms with E-state index in [2.05, 4.69) is 4.98 Å². The fourth-order valence-corrected chi connectivity index (χ4v) is 4.06. The number of rotatable bonds is 4. The Bertz CT molecular complexity index is 693. The smallest absolute Gasteiger partial charge is 0.227 e. The molecule has 0 aliphatic carbocycles. The Morgan fingerprint density at radius 3 is 3.00 bits per heavy atom. The van der Waals surface area contributed by atoms with Gasteiger partial charge in [0, 0.05) is 28.2 Å². The van der Waals surface area contributed by atoms with Gasteiger partial charge < -0.3 is 10.0 Å². The molecule has 0 saturated carbocycles. The van der Waals surface area contributed by atoms with Gasteiger partial charge in [0.15, 0.2) is 0 Å². The summed E-state index contributed by atoms with van der Waals surface area (Å²) in [6, 6.07) is 4.91. The first kappa shape index (κ1) is 16.7. The predicted molar refractivity (Wildman–Crippen MR) is 92.0 cm³/mol. The number of benzene rings is 1. The molecule has 1 aliphatic rings. The third kappa shape index (κ3) is 3.69. The van der Waals surface area contributed by atoms with Crippen molar-refractivity contribution in [2.75, 3.05) is 6.54 Å². The molecule has 7 heteroatoms. The van der Waals surface area contributed by atoms with Crippen LogP contribution in [0.3, 0.4) is 0 Å². The van der Waals surface area contributed by atoms with Crippen molar-refractivity contribution in [3.05, 3.63) is 50.4 Å². The number of carbonyl (C=O) groups is 1. The molecule has 1 saturated heterocycles. The number of amides is 1. The average Bonchev–Trinajstić information content (AvgIpc) is 3.20. The third-order valence-corrected chi connectivity index (χ3v) is 5.48. The Kier molecular flexibility index (Phi) is 5.21. The monoisotopic (exact) mass is 370 g/mol. The van der Waals surface area contributed by atoms with E-state index < -0.39 is 6.10 Å². The molecule has 1 aromatic heterocycles. The van der Waals surface area contributed by atoms with Crippen molar-refractivity contribution in [2.45, 2.75) is 31.4 Å². The number of thiazole rings is 1. The molecule has 2 atom stereocenters. The van der Waals surface area contributed by atoms with Crippen molar-refractivity contribution in [3.8, 4) is 0 Å². The molecule has 4 nitrogen and oxygen atoms in total. The number of aliphatic hydroxyl groups excluding tert-OH is 1. The number of likely N-dealkylation sites (tertiary alicyclic amines) is 1. The molecule has 1 amide bonds. The summed E-state index contributed by atoms with van der Waals surface area (Å²) >= 11 is 13.4. The fraction of sp³-hybridized carbons (Fsp3) is 0.375. The molecule has 23 heavy (non-hydrogen) atoms. The minimum Gasteiger partial charge on any atom is -0.384 e. The third-order valence-electron chi connectivity index (χ3n) is 4.05. The molecule has 3 rings (SSSR count). The lowest BCUT2D eigenvalue weighted by molar-refractivity contribution is -0.133. The van der Waals surface area contributed by atoms with Crippen LogP contribution in [-0.2, 0) is 11.2 Å². The predicted octanol–water partition coefficient (Wildman–Crippen LogP) is 3.72. The molecular formula is C16H16Cl2N2O2S. The Balaban J connectivity index is 1.73. The minimum atomic E-state index is -0.734. The van der Waals surface area contributed by atoms with Crippen LogP contribution < -0.4 is 0 Å². The van der Waals surface area contributed by atoms with Gasteiger partial charge in [0.25, 0.3) is 0 Å². The number of nitrogens with zero attached hydrogens (tertiary/aromatic N) is 2. The van der Waals surface area contributed by atoms with Gasteiger partial charge in [0.2, 0.25) is 5.91 Å². The summed E-state index contributed by atoms with van der Waals surface area (Å²) in [5, 5.41) is 14.0. The van der Waals surface area contributed by atoms with Crippen molar-refractivity contribution < 1.29 is 9.90 Å². The molecule has 2 aromatic rings.